The van der Waals surface area contributed by atoms with E-state index in [1.165, 1.54) is 27.5 Å². The van der Waals surface area contributed by atoms with Gasteiger partial charge in [-0.15, -0.1) is 0 Å². The molecular formula is C21H14BrN. The highest BCUT2D eigenvalue weighted by atomic mass is 79.9. The van der Waals surface area contributed by atoms with Crippen molar-refractivity contribution in [2.24, 2.45) is 0 Å². The van der Waals surface area contributed by atoms with E-state index in [1.807, 2.05) is 12.3 Å². The van der Waals surface area contributed by atoms with Crippen LogP contribution in [0, 0.1) is 0 Å². The van der Waals surface area contributed by atoms with Crippen LogP contribution in [0.15, 0.2) is 89.7 Å². The van der Waals surface area contributed by atoms with E-state index in [0.29, 0.717) is 0 Å². The molecule has 0 radical (unpaired) electrons. The summed E-state index contributed by atoms with van der Waals surface area (Å²) in [6.45, 7) is 0. The maximum atomic E-state index is 4.19. The van der Waals surface area contributed by atoms with Gasteiger partial charge in [0, 0.05) is 16.9 Å². The first kappa shape index (κ1) is 14.2. The predicted octanol–water partition coefficient (Wildman–Crippen LogP) is 6.33. The molecule has 1 aromatic heterocycles. The van der Waals surface area contributed by atoms with Crippen LogP contribution in [0.25, 0.3) is 33.0 Å². The molecule has 1 heterocycles. The predicted molar refractivity (Wildman–Crippen MR) is 100 cm³/mol. The molecule has 0 aliphatic heterocycles. The molecule has 4 rings (SSSR count). The fraction of sp³-hybridized carbons (Fsp3) is 0. The van der Waals surface area contributed by atoms with E-state index in [2.05, 4.69) is 87.6 Å². The monoisotopic (exact) mass is 359 g/mol. The lowest BCUT2D eigenvalue weighted by atomic mass is 9.96. The van der Waals surface area contributed by atoms with Gasteiger partial charge in [0.15, 0.2) is 0 Å². The van der Waals surface area contributed by atoms with Gasteiger partial charge in [0.25, 0.3) is 0 Å². The molecule has 0 amide bonds. The first-order valence-electron chi connectivity index (χ1n) is 7.51. The first-order valence-corrected chi connectivity index (χ1v) is 8.30. The molecule has 3 aromatic carbocycles. The Hall–Kier alpha value is -2.45. The van der Waals surface area contributed by atoms with Crippen molar-refractivity contribution in [1.29, 1.82) is 0 Å². The zero-order valence-corrected chi connectivity index (χ0v) is 14.0. The number of pyridine rings is 1. The fourth-order valence-electron chi connectivity index (χ4n) is 2.89. The Bertz CT molecular complexity index is 960. The maximum absolute atomic E-state index is 4.19. The average molecular weight is 360 g/mol. The van der Waals surface area contributed by atoms with Crippen LogP contribution in [0.4, 0.5) is 0 Å². The molecular weight excluding hydrogens is 346 g/mol. The molecule has 0 unspecified atom stereocenters. The van der Waals surface area contributed by atoms with E-state index in [0.717, 1.165) is 10.0 Å². The van der Waals surface area contributed by atoms with E-state index >= 15 is 0 Å². The van der Waals surface area contributed by atoms with Crippen molar-refractivity contribution in [3.63, 3.8) is 0 Å². The average Bonchev–Trinajstić information content (AvgIpc) is 2.63. The number of rotatable bonds is 2. The van der Waals surface area contributed by atoms with Gasteiger partial charge in [-0.3, -0.25) is 4.98 Å². The Morgan fingerprint density at radius 3 is 2.09 bits per heavy atom. The Kier molecular flexibility index (Phi) is 3.68. The van der Waals surface area contributed by atoms with Crippen molar-refractivity contribution in [3.8, 4) is 22.3 Å². The van der Waals surface area contributed by atoms with Crippen LogP contribution in [-0.2, 0) is 0 Å². The van der Waals surface area contributed by atoms with Crippen molar-refractivity contribution in [2.45, 2.75) is 0 Å². The molecule has 23 heavy (non-hydrogen) atoms. The lowest BCUT2D eigenvalue weighted by Gasteiger charge is -2.09. The number of aromatic nitrogens is 1. The largest absolute Gasteiger partial charge is 0.264 e. The fourth-order valence-corrected chi connectivity index (χ4v) is 3.37. The zero-order valence-electron chi connectivity index (χ0n) is 12.4. The van der Waals surface area contributed by atoms with Gasteiger partial charge in [-0.25, -0.2) is 0 Å². The van der Waals surface area contributed by atoms with Crippen LogP contribution in [0.5, 0.6) is 0 Å². The van der Waals surface area contributed by atoms with Crippen LogP contribution in [0.3, 0.4) is 0 Å². The number of halogens is 1. The lowest BCUT2D eigenvalue weighted by molar-refractivity contribution is 1.33. The normalized spacial score (nSPS) is 10.8. The van der Waals surface area contributed by atoms with E-state index in [-0.39, 0.29) is 0 Å². The molecule has 0 aliphatic carbocycles. The van der Waals surface area contributed by atoms with Crippen LogP contribution in [0.1, 0.15) is 0 Å². The third kappa shape index (κ3) is 2.66. The minimum absolute atomic E-state index is 1.13. The smallest absolute Gasteiger partial charge is 0.0346 e. The second-order valence-corrected chi connectivity index (χ2v) is 6.31. The molecule has 110 valence electrons. The first-order chi connectivity index (χ1) is 11.3. The van der Waals surface area contributed by atoms with Gasteiger partial charge in [-0.05, 0) is 45.2 Å². The van der Waals surface area contributed by atoms with Gasteiger partial charge >= 0.3 is 0 Å². The summed E-state index contributed by atoms with van der Waals surface area (Å²) in [6.07, 6.45) is 3.69. The van der Waals surface area contributed by atoms with Gasteiger partial charge in [0.05, 0.1) is 0 Å². The lowest BCUT2D eigenvalue weighted by Crippen LogP contribution is -1.84. The van der Waals surface area contributed by atoms with E-state index in [1.54, 1.807) is 6.20 Å². The topological polar surface area (TPSA) is 12.9 Å². The molecule has 0 atom stereocenters. The molecule has 2 heteroatoms. The highest BCUT2D eigenvalue weighted by Crippen LogP contribution is 2.34. The van der Waals surface area contributed by atoms with Gasteiger partial charge in [-0.1, -0.05) is 76.6 Å². The van der Waals surface area contributed by atoms with E-state index in [9.17, 15) is 0 Å². The standard InChI is InChI=1S/C21H14BrN/c22-21-12-11-18(19-5-1-2-6-20(19)21)16-9-7-15(8-10-16)17-4-3-13-23-14-17/h1-14H. The van der Waals surface area contributed by atoms with Crippen LogP contribution < -0.4 is 0 Å². The van der Waals surface area contributed by atoms with Crippen LogP contribution in [-0.4, -0.2) is 4.98 Å². The quantitative estimate of drug-likeness (QED) is 0.407. The second kappa shape index (κ2) is 5.98. The molecule has 0 N–H and O–H groups in total. The van der Waals surface area contributed by atoms with Gasteiger partial charge in [0.1, 0.15) is 0 Å². The highest BCUT2D eigenvalue weighted by molar-refractivity contribution is 9.10. The third-order valence-electron chi connectivity index (χ3n) is 4.06. The molecule has 0 bridgehead atoms. The number of fused-ring (bicyclic) bond motifs is 1. The van der Waals surface area contributed by atoms with Crippen molar-refractivity contribution >= 4 is 26.7 Å². The van der Waals surface area contributed by atoms with Gasteiger partial charge in [0.2, 0.25) is 0 Å². The molecule has 0 aliphatic rings. The van der Waals surface area contributed by atoms with E-state index in [4.69, 9.17) is 0 Å². The summed E-state index contributed by atoms with van der Waals surface area (Å²) in [4.78, 5) is 4.19. The van der Waals surface area contributed by atoms with Crippen LogP contribution in [0.2, 0.25) is 0 Å². The minimum atomic E-state index is 1.13. The highest BCUT2D eigenvalue weighted by Gasteiger charge is 2.06. The Labute approximate surface area is 143 Å². The van der Waals surface area contributed by atoms with Gasteiger partial charge < -0.3 is 0 Å². The molecule has 0 saturated carbocycles. The number of benzene rings is 3. The second-order valence-electron chi connectivity index (χ2n) is 5.46. The van der Waals surface area contributed by atoms with Crippen LogP contribution >= 0.6 is 15.9 Å². The molecule has 4 aromatic rings. The van der Waals surface area contributed by atoms with Crippen molar-refractivity contribution in [2.75, 3.05) is 0 Å². The zero-order chi connectivity index (χ0) is 15.6. The van der Waals surface area contributed by atoms with Crippen molar-refractivity contribution in [1.82, 2.24) is 4.98 Å². The Balaban J connectivity index is 1.82. The van der Waals surface area contributed by atoms with Crippen molar-refractivity contribution in [3.05, 3.63) is 89.7 Å². The number of nitrogens with zero attached hydrogens (tertiary/aromatic N) is 1. The summed E-state index contributed by atoms with van der Waals surface area (Å²) in [5, 5.41) is 2.50. The van der Waals surface area contributed by atoms with E-state index < -0.39 is 0 Å². The number of hydrogen-bond donors (Lipinski definition) is 0. The SMILES string of the molecule is Brc1ccc(-c2ccc(-c3cccnc3)cc2)c2ccccc12. The molecule has 0 fully saturated rings. The summed E-state index contributed by atoms with van der Waals surface area (Å²) in [6, 6.07) is 25.5. The molecule has 1 nitrogen and oxygen atoms in total. The number of hydrogen-bond acceptors (Lipinski definition) is 1. The summed E-state index contributed by atoms with van der Waals surface area (Å²) >= 11 is 3.64. The van der Waals surface area contributed by atoms with Crippen molar-refractivity contribution < 1.29 is 0 Å². The molecule has 0 saturated heterocycles. The summed E-state index contributed by atoms with van der Waals surface area (Å²) in [5.41, 5.74) is 4.80. The Morgan fingerprint density at radius 2 is 1.35 bits per heavy atom. The summed E-state index contributed by atoms with van der Waals surface area (Å²) in [7, 11) is 0. The third-order valence-corrected chi connectivity index (χ3v) is 4.75. The molecule has 0 spiro atoms. The summed E-state index contributed by atoms with van der Waals surface area (Å²) in [5.74, 6) is 0. The minimum Gasteiger partial charge on any atom is -0.264 e. The summed E-state index contributed by atoms with van der Waals surface area (Å²) < 4.78 is 1.13. The van der Waals surface area contributed by atoms with Gasteiger partial charge in [-0.2, -0.15) is 0 Å². The maximum Gasteiger partial charge on any atom is 0.0346 e. The Morgan fingerprint density at radius 1 is 0.609 bits per heavy atom.